The SMILES string of the molecule is [2H][13C]([2H])([2H])C(N)(Cc1ccc(O)cc1)C(=O)O. The quantitative estimate of drug-likeness (QED) is 0.627. The molecule has 0 spiro atoms. The van der Waals surface area contributed by atoms with E-state index in [2.05, 4.69) is 0 Å². The summed E-state index contributed by atoms with van der Waals surface area (Å²) in [6, 6.07) is 5.56. The lowest BCUT2D eigenvalue weighted by molar-refractivity contribution is -0.142. The number of aliphatic carboxylic acids is 1. The van der Waals surface area contributed by atoms with E-state index in [1.54, 1.807) is 0 Å². The molecule has 0 radical (unpaired) electrons. The smallest absolute Gasteiger partial charge is 0.323 e. The fraction of sp³-hybridized carbons (Fsp3) is 0.300. The third kappa shape index (κ3) is 2.47. The molecule has 0 aliphatic carbocycles. The van der Waals surface area contributed by atoms with Crippen molar-refractivity contribution in [1.29, 1.82) is 0 Å². The number of hydrogen-bond acceptors (Lipinski definition) is 3. The zero-order valence-corrected chi connectivity index (χ0v) is 7.40. The molecule has 0 aromatic heterocycles. The number of carbonyl (C=O) groups is 1. The zero-order chi connectivity index (χ0) is 13.3. The molecule has 1 rings (SSSR count). The number of phenols is 1. The van der Waals surface area contributed by atoms with E-state index in [1.807, 2.05) is 0 Å². The number of hydrogen-bond donors (Lipinski definition) is 3. The minimum absolute atomic E-state index is 0.0144. The maximum absolute atomic E-state index is 11.0. The normalized spacial score (nSPS) is 18.8. The molecular formula is C10H13NO3. The van der Waals surface area contributed by atoms with Gasteiger partial charge in [-0.25, -0.2) is 0 Å². The van der Waals surface area contributed by atoms with E-state index >= 15 is 0 Å². The van der Waals surface area contributed by atoms with Crippen LogP contribution in [0.5, 0.6) is 5.75 Å². The number of phenolic OH excluding ortho intramolecular Hbond substituents is 1. The molecule has 0 saturated carbocycles. The monoisotopic (exact) mass is 199 g/mol. The van der Waals surface area contributed by atoms with Crippen LogP contribution in [0.4, 0.5) is 0 Å². The van der Waals surface area contributed by atoms with Gasteiger partial charge in [-0.3, -0.25) is 4.79 Å². The molecule has 1 atom stereocenters. The Morgan fingerprint density at radius 1 is 1.57 bits per heavy atom. The Balaban J connectivity index is 3.04. The standard InChI is InChI=1S/C10H13NO3/c1-10(11,9(13)14)6-7-2-4-8(12)5-3-7/h2-5,12H,6,11H2,1H3,(H,13,14)/i1+1D3. The van der Waals surface area contributed by atoms with Crippen LogP contribution in [0.3, 0.4) is 0 Å². The summed E-state index contributed by atoms with van der Waals surface area (Å²) >= 11 is 0. The fourth-order valence-electron chi connectivity index (χ4n) is 1.01. The van der Waals surface area contributed by atoms with E-state index in [0.717, 1.165) is 0 Å². The number of nitrogens with two attached hydrogens (primary N) is 1. The molecule has 1 unspecified atom stereocenters. The van der Waals surface area contributed by atoms with E-state index in [-0.39, 0.29) is 12.2 Å². The highest BCUT2D eigenvalue weighted by atomic mass is 16.4. The van der Waals surface area contributed by atoms with Crippen LogP contribution in [0.25, 0.3) is 0 Å². The van der Waals surface area contributed by atoms with Gasteiger partial charge in [0, 0.05) is 10.5 Å². The lowest BCUT2D eigenvalue weighted by Crippen LogP contribution is -2.46. The Labute approximate surface area is 86.2 Å². The van der Waals surface area contributed by atoms with Gasteiger partial charge in [-0.05, 0) is 24.5 Å². The molecule has 1 aromatic rings. The van der Waals surface area contributed by atoms with Crippen molar-refractivity contribution in [2.75, 3.05) is 0 Å². The van der Waals surface area contributed by atoms with E-state index < -0.39 is 18.4 Å². The maximum atomic E-state index is 11.0. The zero-order valence-electron chi connectivity index (χ0n) is 10.4. The second kappa shape index (κ2) is 3.67. The molecule has 4 heteroatoms. The summed E-state index contributed by atoms with van der Waals surface area (Å²) in [6.45, 7) is -2.81. The van der Waals surface area contributed by atoms with E-state index in [1.165, 1.54) is 24.3 Å². The van der Waals surface area contributed by atoms with Crippen molar-refractivity contribution in [3.63, 3.8) is 0 Å². The first-order valence-corrected chi connectivity index (χ1v) is 3.97. The topological polar surface area (TPSA) is 83.5 Å². The van der Waals surface area contributed by atoms with Gasteiger partial charge in [0.2, 0.25) is 0 Å². The van der Waals surface area contributed by atoms with Crippen molar-refractivity contribution >= 4 is 5.97 Å². The largest absolute Gasteiger partial charge is 0.508 e. The van der Waals surface area contributed by atoms with Gasteiger partial charge in [0.05, 0.1) is 0 Å². The molecule has 0 aliphatic heterocycles. The molecule has 0 aliphatic rings. The Morgan fingerprint density at radius 3 is 2.57 bits per heavy atom. The van der Waals surface area contributed by atoms with Gasteiger partial charge in [0.1, 0.15) is 11.3 Å². The molecule has 76 valence electrons. The fourth-order valence-corrected chi connectivity index (χ4v) is 1.01. The number of benzene rings is 1. The Kier molecular flexibility index (Phi) is 1.79. The molecule has 4 nitrogen and oxygen atoms in total. The van der Waals surface area contributed by atoms with Gasteiger partial charge in [-0.15, -0.1) is 0 Å². The van der Waals surface area contributed by atoms with Crippen LogP contribution in [-0.4, -0.2) is 21.7 Å². The molecule has 0 bridgehead atoms. The average molecular weight is 199 g/mol. The number of carboxylic acids is 1. The lowest BCUT2D eigenvalue weighted by atomic mass is 9.99. The van der Waals surface area contributed by atoms with Crippen molar-refractivity contribution in [3.8, 4) is 5.75 Å². The molecular weight excluding hydrogens is 183 g/mol. The Bertz CT molecular complexity index is 416. The van der Waals surface area contributed by atoms with Crippen LogP contribution in [0, 0.1) is 0 Å². The van der Waals surface area contributed by atoms with Gasteiger partial charge in [0.15, 0.2) is 0 Å². The number of rotatable bonds is 3. The van der Waals surface area contributed by atoms with Gasteiger partial charge in [0.25, 0.3) is 0 Å². The summed E-state index contributed by atoms with van der Waals surface area (Å²) in [7, 11) is 0. The Hall–Kier alpha value is -1.55. The summed E-state index contributed by atoms with van der Waals surface area (Å²) in [6.07, 6.45) is -0.334. The second-order valence-electron chi connectivity index (χ2n) is 3.12. The van der Waals surface area contributed by atoms with Gasteiger partial charge >= 0.3 is 5.97 Å². The minimum atomic E-state index is -2.81. The van der Waals surface area contributed by atoms with Crippen LogP contribution in [-0.2, 0) is 11.2 Å². The minimum Gasteiger partial charge on any atom is -0.508 e. The average Bonchev–Trinajstić information content (AvgIpc) is 2.19. The van der Waals surface area contributed by atoms with Crippen LogP contribution in [0.2, 0.25) is 0 Å². The van der Waals surface area contributed by atoms with Gasteiger partial charge in [-0.2, -0.15) is 0 Å². The highest BCUT2D eigenvalue weighted by molar-refractivity contribution is 5.78. The van der Waals surface area contributed by atoms with Crippen LogP contribution < -0.4 is 5.73 Å². The van der Waals surface area contributed by atoms with Crippen molar-refractivity contribution in [1.82, 2.24) is 0 Å². The predicted octanol–water partition coefficient (Wildman–Crippen LogP) is 0.737. The molecule has 4 N–H and O–H groups in total. The molecule has 0 saturated heterocycles. The van der Waals surface area contributed by atoms with Crippen LogP contribution in [0.1, 0.15) is 16.5 Å². The first-order valence-electron chi connectivity index (χ1n) is 5.47. The summed E-state index contributed by atoms with van der Waals surface area (Å²) in [5.41, 5.74) is 3.57. The lowest BCUT2D eigenvalue weighted by Gasteiger charge is -2.18. The first-order chi connectivity index (χ1) is 7.67. The molecule has 14 heavy (non-hydrogen) atoms. The highest BCUT2D eigenvalue weighted by Crippen LogP contribution is 2.14. The Morgan fingerprint density at radius 2 is 2.14 bits per heavy atom. The van der Waals surface area contributed by atoms with E-state index in [9.17, 15) is 4.79 Å². The molecule has 0 amide bonds. The first kappa shape index (κ1) is 6.84. The molecule has 0 heterocycles. The third-order valence-corrected chi connectivity index (χ3v) is 1.80. The predicted molar refractivity (Wildman–Crippen MR) is 52.0 cm³/mol. The van der Waals surface area contributed by atoms with Crippen LogP contribution in [0.15, 0.2) is 24.3 Å². The second-order valence-corrected chi connectivity index (χ2v) is 3.12. The maximum Gasteiger partial charge on any atom is 0.323 e. The summed E-state index contributed by atoms with van der Waals surface area (Å²) in [5, 5.41) is 18.0. The third-order valence-electron chi connectivity index (χ3n) is 1.80. The summed E-state index contributed by atoms with van der Waals surface area (Å²) in [4.78, 5) is 11.0. The van der Waals surface area contributed by atoms with Gasteiger partial charge < -0.3 is 15.9 Å². The van der Waals surface area contributed by atoms with Crippen molar-refractivity contribution in [2.45, 2.75) is 18.8 Å². The summed E-state index contributed by atoms with van der Waals surface area (Å²) in [5.74, 6) is -1.56. The molecule has 1 aromatic carbocycles. The highest BCUT2D eigenvalue weighted by Gasteiger charge is 2.27. The van der Waals surface area contributed by atoms with E-state index in [4.69, 9.17) is 20.1 Å². The summed E-state index contributed by atoms with van der Waals surface area (Å²) < 4.78 is 21.6. The van der Waals surface area contributed by atoms with Crippen molar-refractivity contribution in [2.24, 2.45) is 5.73 Å². The van der Waals surface area contributed by atoms with Crippen molar-refractivity contribution < 1.29 is 19.1 Å². The van der Waals surface area contributed by atoms with E-state index in [0.29, 0.717) is 5.56 Å². The molecule has 0 fully saturated rings. The number of carboxylic acid groups (broad SMARTS) is 1. The number of aromatic hydroxyl groups is 1. The van der Waals surface area contributed by atoms with Gasteiger partial charge in [-0.1, -0.05) is 12.1 Å². The van der Waals surface area contributed by atoms with Crippen molar-refractivity contribution in [3.05, 3.63) is 29.8 Å². The van der Waals surface area contributed by atoms with Crippen LogP contribution >= 0.6 is 0 Å².